The minimum Gasteiger partial charge on any atom is -0.368 e. The van der Waals surface area contributed by atoms with Gasteiger partial charge in [0.1, 0.15) is 17.7 Å². The number of primary amides is 1. The summed E-state index contributed by atoms with van der Waals surface area (Å²) in [4.78, 5) is 25.5. The number of aryl methyl sites for hydroxylation is 1. The van der Waals surface area contributed by atoms with Gasteiger partial charge in [-0.3, -0.25) is 9.69 Å². The number of likely N-dealkylation sites (N-methyl/N-ethyl adjacent to an activating group) is 1. The van der Waals surface area contributed by atoms with E-state index < -0.39 is 17.8 Å². The molecule has 1 unspecified atom stereocenters. The number of carbonyl (C=O) groups is 1. The molecule has 0 aliphatic heterocycles. The number of halogens is 1. The maximum Gasteiger partial charge on any atom is 0.239 e. The van der Waals surface area contributed by atoms with Crippen molar-refractivity contribution in [2.24, 2.45) is 5.73 Å². The van der Waals surface area contributed by atoms with Gasteiger partial charge in [0.05, 0.1) is 12.1 Å². The summed E-state index contributed by atoms with van der Waals surface area (Å²) in [6.07, 6.45) is 1.70. The minimum absolute atomic E-state index is 0.347. The van der Waals surface area contributed by atoms with Gasteiger partial charge in [-0.05, 0) is 43.3 Å². The Kier molecular flexibility index (Phi) is 4.26. The van der Waals surface area contributed by atoms with E-state index in [4.69, 9.17) is 5.73 Å². The fourth-order valence-electron chi connectivity index (χ4n) is 2.80. The molecule has 1 atom stereocenters. The van der Waals surface area contributed by atoms with Crippen LogP contribution in [0.1, 0.15) is 23.0 Å². The summed E-state index contributed by atoms with van der Waals surface area (Å²) < 4.78 is 13.5. The standard InChI is InChI=1S/C17H18FN5O/c1-10-6-7-20-17-14(10)21-13(22-17)9-23(2)15(16(19)24)11-4-3-5-12(18)8-11/h3-8,15H,9H2,1-2H3,(H2,19,24)(H,20,21,22). The van der Waals surface area contributed by atoms with Crippen LogP contribution in [0, 0.1) is 12.7 Å². The van der Waals surface area contributed by atoms with Gasteiger partial charge in [0, 0.05) is 6.20 Å². The molecule has 0 radical (unpaired) electrons. The van der Waals surface area contributed by atoms with Crippen molar-refractivity contribution >= 4 is 17.1 Å². The Morgan fingerprint density at radius 2 is 2.21 bits per heavy atom. The number of carbonyl (C=O) groups excluding carboxylic acids is 1. The lowest BCUT2D eigenvalue weighted by Gasteiger charge is -2.25. The molecule has 3 aromatic rings. The first-order valence-corrected chi connectivity index (χ1v) is 7.51. The van der Waals surface area contributed by atoms with E-state index in [1.165, 1.54) is 12.1 Å². The van der Waals surface area contributed by atoms with Crippen LogP contribution in [-0.4, -0.2) is 32.8 Å². The molecule has 0 saturated heterocycles. The molecule has 0 bridgehead atoms. The number of hydrogen-bond donors (Lipinski definition) is 2. The lowest BCUT2D eigenvalue weighted by molar-refractivity contribution is -0.123. The van der Waals surface area contributed by atoms with E-state index in [2.05, 4.69) is 15.0 Å². The molecule has 0 aliphatic carbocycles. The number of nitrogens with zero attached hydrogens (tertiary/aromatic N) is 3. The topological polar surface area (TPSA) is 87.9 Å². The van der Waals surface area contributed by atoms with Crippen molar-refractivity contribution in [2.45, 2.75) is 19.5 Å². The van der Waals surface area contributed by atoms with Crippen LogP contribution in [0.2, 0.25) is 0 Å². The molecule has 0 fully saturated rings. The van der Waals surface area contributed by atoms with Crippen LogP contribution in [0.4, 0.5) is 4.39 Å². The van der Waals surface area contributed by atoms with Gasteiger partial charge in [-0.2, -0.15) is 0 Å². The van der Waals surface area contributed by atoms with E-state index in [-0.39, 0.29) is 0 Å². The number of nitrogens with one attached hydrogen (secondary N) is 1. The number of pyridine rings is 1. The van der Waals surface area contributed by atoms with Crippen LogP contribution in [-0.2, 0) is 11.3 Å². The first kappa shape index (κ1) is 16.1. The quantitative estimate of drug-likeness (QED) is 0.751. The van der Waals surface area contributed by atoms with Crippen molar-refractivity contribution in [3.05, 3.63) is 59.3 Å². The third-order valence-corrected chi connectivity index (χ3v) is 3.92. The fourth-order valence-corrected chi connectivity index (χ4v) is 2.80. The normalized spacial score (nSPS) is 12.7. The number of aromatic amines is 1. The number of imidazole rings is 1. The van der Waals surface area contributed by atoms with Crippen molar-refractivity contribution in [1.29, 1.82) is 0 Å². The molecular weight excluding hydrogens is 309 g/mol. The van der Waals surface area contributed by atoms with Gasteiger partial charge in [0.15, 0.2) is 5.65 Å². The van der Waals surface area contributed by atoms with Gasteiger partial charge >= 0.3 is 0 Å². The van der Waals surface area contributed by atoms with Gasteiger partial charge in [0.2, 0.25) is 5.91 Å². The molecule has 3 N–H and O–H groups in total. The average molecular weight is 327 g/mol. The smallest absolute Gasteiger partial charge is 0.239 e. The molecule has 2 heterocycles. The zero-order valence-corrected chi connectivity index (χ0v) is 13.5. The molecule has 7 heteroatoms. The summed E-state index contributed by atoms with van der Waals surface area (Å²) in [7, 11) is 1.74. The minimum atomic E-state index is -0.747. The average Bonchev–Trinajstić information content (AvgIpc) is 2.91. The third-order valence-electron chi connectivity index (χ3n) is 3.92. The number of amides is 1. The Hall–Kier alpha value is -2.80. The lowest BCUT2D eigenvalue weighted by Crippen LogP contribution is -2.35. The SMILES string of the molecule is Cc1ccnc2nc(CN(C)C(C(N)=O)c3cccc(F)c3)[nH]c12. The molecule has 6 nitrogen and oxygen atoms in total. The molecule has 2 aromatic heterocycles. The molecular formula is C17H18FN5O. The summed E-state index contributed by atoms with van der Waals surface area (Å²) >= 11 is 0. The maximum absolute atomic E-state index is 13.5. The fraction of sp³-hybridized carbons (Fsp3) is 0.235. The summed E-state index contributed by atoms with van der Waals surface area (Å²) in [6, 6.07) is 7.03. The van der Waals surface area contributed by atoms with Crippen molar-refractivity contribution < 1.29 is 9.18 Å². The highest BCUT2D eigenvalue weighted by Gasteiger charge is 2.24. The van der Waals surface area contributed by atoms with Gasteiger partial charge in [-0.15, -0.1) is 0 Å². The zero-order valence-electron chi connectivity index (χ0n) is 13.5. The summed E-state index contributed by atoms with van der Waals surface area (Å²) in [5.74, 6) is -0.291. The molecule has 24 heavy (non-hydrogen) atoms. The van der Waals surface area contributed by atoms with E-state index in [1.807, 2.05) is 13.0 Å². The van der Waals surface area contributed by atoms with Crippen LogP contribution < -0.4 is 5.73 Å². The molecule has 124 valence electrons. The number of rotatable bonds is 5. The Morgan fingerprint density at radius 1 is 1.42 bits per heavy atom. The predicted octanol–water partition coefficient (Wildman–Crippen LogP) is 2.06. The van der Waals surface area contributed by atoms with E-state index in [9.17, 15) is 9.18 Å². The lowest BCUT2D eigenvalue weighted by atomic mass is 10.0. The Labute approximate surface area is 138 Å². The van der Waals surface area contributed by atoms with Gasteiger partial charge in [-0.1, -0.05) is 12.1 Å². The van der Waals surface area contributed by atoms with Gasteiger partial charge in [-0.25, -0.2) is 14.4 Å². The highest BCUT2D eigenvalue weighted by molar-refractivity contribution is 5.81. The maximum atomic E-state index is 13.5. The Balaban J connectivity index is 1.89. The van der Waals surface area contributed by atoms with Crippen LogP contribution in [0.3, 0.4) is 0 Å². The Bertz CT molecular complexity index is 892. The molecule has 1 amide bonds. The summed E-state index contributed by atoms with van der Waals surface area (Å²) in [5.41, 5.74) is 8.56. The molecule has 0 spiro atoms. The Morgan fingerprint density at radius 3 is 2.88 bits per heavy atom. The highest BCUT2D eigenvalue weighted by Crippen LogP contribution is 2.22. The molecule has 0 aliphatic rings. The summed E-state index contributed by atoms with van der Waals surface area (Å²) in [5, 5.41) is 0. The van der Waals surface area contributed by atoms with Gasteiger partial charge in [0.25, 0.3) is 0 Å². The van der Waals surface area contributed by atoms with Crippen molar-refractivity contribution in [1.82, 2.24) is 19.9 Å². The molecule has 1 aromatic carbocycles. The second kappa shape index (κ2) is 6.37. The van der Waals surface area contributed by atoms with Crippen molar-refractivity contribution in [3.8, 4) is 0 Å². The first-order chi connectivity index (χ1) is 11.5. The second-order valence-corrected chi connectivity index (χ2v) is 5.78. The number of hydrogen-bond acceptors (Lipinski definition) is 4. The van der Waals surface area contributed by atoms with Crippen molar-refractivity contribution in [2.75, 3.05) is 7.05 Å². The number of H-pyrrole nitrogens is 1. The van der Waals surface area contributed by atoms with E-state index in [0.717, 1.165) is 11.1 Å². The number of benzene rings is 1. The van der Waals surface area contributed by atoms with Gasteiger partial charge < -0.3 is 10.7 Å². The number of nitrogens with two attached hydrogens (primary N) is 1. The predicted molar refractivity (Wildman–Crippen MR) is 88.4 cm³/mol. The van der Waals surface area contributed by atoms with E-state index >= 15 is 0 Å². The first-order valence-electron chi connectivity index (χ1n) is 7.51. The van der Waals surface area contributed by atoms with Crippen molar-refractivity contribution in [3.63, 3.8) is 0 Å². The van der Waals surface area contributed by atoms with Crippen LogP contribution in [0.15, 0.2) is 36.5 Å². The summed E-state index contributed by atoms with van der Waals surface area (Å²) in [6.45, 7) is 2.31. The van der Waals surface area contributed by atoms with E-state index in [1.54, 1.807) is 30.3 Å². The molecule has 0 saturated carbocycles. The van der Waals surface area contributed by atoms with Crippen LogP contribution in [0.5, 0.6) is 0 Å². The largest absolute Gasteiger partial charge is 0.368 e. The zero-order chi connectivity index (χ0) is 17.3. The molecule has 3 rings (SSSR count). The number of fused-ring (bicyclic) bond motifs is 1. The third kappa shape index (κ3) is 3.11. The van der Waals surface area contributed by atoms with E-state index in [0.29, 0.717) is 23.6 Å². The highest BCUT2D eigenvalue weighted by atomic mass is 19.1. The van der Waals surface area contributed by atoms with Crippen LogP contribution in [0.25, 0.3) is 11.2 Å². The monoisotopic (exact) mass is 327 g/mol. The second-order valence-electron chi connectivity index (χ2n) is 5.78. The van der Waals surface area contributed by atoms with Crippen LogP contribution >= 0.6 is 0 Å². The number of aromatic nitrogens is 3.